The lowest BCUT2D eigenvalue weighted by molar-refractivity contribution is 0.262. The van der Waals surface area contributed by atoms with Crippen LogP contribution in [0.1, 0.15) is 6.92 Å². The highest BCUT2D eigenvalue weighted by Crippen LogP contribution is 2.20. The number of nitrogens with one attached hydrogen (secondary N) is 2. The average Bonchev–Trinajstić information content (AvgIpc) is 2.80. The molecule has 2 N–H and O–H groups in total. The van der Waals surface area contributed by atoms with Crippen LogP contribution in [0.5, 0.6) is 0 Å². The van der Waals surface area contributed by atoms with Crippen LogP contribution in [0.4, 0.5) is 16.3 Å². The lowest BCUT2D eigenvalue weighted by Crippen LogP contribution is -2.20. The zero-order chi connectivity index (χ0) is 13.0. The Morgan fingerprint density at radius 2 is 2.11 bits per heavy atom. The summed E-state index contributed by atoms with van der Waals surface area (Å²) in [4.78, 5) is 11.7. The number of urea groups is 1. The fourth-order valence-electron chi connectivity index (χ4n) is 1.44. The molecule has 1 aromatic carbocycles. The zero-order valence-corrected chi connectivity index (χ0v) is 10.6. The van der Waals surface area contributed by atoms with Gasteiger partial charge in [0.25, 0.3) is 0 Å². The number of nitrogens with zero attached hydrogens (tertiary/aromatic N) is 2. The molecule has 2 amide bonds. The Balaban J connectivity index is 1.99. The summed E-state index contributed by atoms with van der Waals surface area (Å²) in [6.07, 6.45) is 1.80. The summed E-state index contributed by atoms with van der Waals surface area (Å²) in [6, 6.07) is 8.40. The smallest absolute Gasteiger partial charge is 0.306 e. The van der Waals surface area contributed by atoms with Crippen LogP contribution in [0.3, 0.4) is 0 Å². The summed E-state index contributed by atoms with van der Waals surface area (Å²) in [6.45, 7) is 2.73. The zero-order valence-electron chi connectivity index (χ0n) is 9.85. The van der Waals surface area contributed by atoms with E-state index in [2.05, 4.69) is 15.7 Å². The normalized spacial score (nSPS) is 10.1. The summed E-state index contributed by atoms with van der Waals surface area (Å²) in [5.41, 5.74) is 0.562. The molecule has 0 bridgehead atoms. The number of para-hydroxylation sites is 1. The quantitative estimate of drug-likeness (QED) is 0.894. The van der Waals surface area contributed by atoms with Crippen LogP contribution < -0.4 is 10.6 Å². The molecule has 5 nitrogen and oxygen atoms in total. The largest absolute Gasteiger partial charge is 0.324 e. The lowest BCUT2D eigenvalue weighted by Gasteiger charge is -2.06. The van der Waals surface area contributed by atoms with E-state index in [0.717, 1.165) is 6.54 Å². The van der Waals surface area contributed by atoms with E-state index in [0.29, 0.717) is 16.5 Å². The molecule has 0 radical (unpaired) electrons. The van der Waals surface area contributed by atoms with Gasteiger partial charge in [0.15, 0.2) is 5.82 Å². The van der Waals surface area contributed by atoms with Gasteiger partial charge in [-0.25, -0.2) is 4.79 Å². The van der Waals surface area contributed by atoms with Crippen LogP contribution in [0.15, 0.2) is 36.5 Å². The first kappa shape index (κ1) is 12.4. The molecule has 2 aromatic rings. The number of hydrogen-bond acceptors (Lipinski definition) is 2. The number of aryl methyl sites for hydroxylation is 1. The summed E-state index contributed by atoms with van der Waals surface area (Å²) in [7, 11) is 0. The van der Waals surface area contributed by atoms with Gasteiger partial charge in [0.2, 0.25) is 0 Å². The van der Waals surface area contributed by atoms with Crippen LogP contribution in [0.25, 0.3) is 0 Å². The van der Waals surface area contributed by atoms with Crippen LogP contribution in [-0.2, 0) is 6.54 Å². The maximum Gasteiger partial charge on any atom is 0.324 e. The van der Waals surface area contributed by atoms with E-state index >= 15 is 0 Å². The molecule has 0 unspecified atom stereocenters. The van der Waals surface area contributed by atoms with Gasteiger partial charge in [-0.05, 0) is 19.1 Å². The fourth-order valence-corrected chi connectivity index (χ4v) is 1.62. The maximum absolute atomic E-state index is 11.7. The number of rotatable bonds is 3. The van der Waals surface area contributed by atoms with Crippen molar-refractivity contribution in [3.63, 3.8) is 0 Å². The van der Waals surface area contributed by atoms with Crippen LogP contribution in [-0.4, -0.2) is 15.8 Å². The van der Waals surface area contributed by atoms with Crippen molar-refractivity contribution in [2.24, 2.45) is 0 Å². The minimum atomic E-state index is -0.371. The fraction of sp³-hybridized carbons (Fsp3) is 0.167. The first-order valence-electron chi connectivity index (χ1n) is 5.55. The van der Waals surface area contributed by atoms with Crippen molar-refractivity contribution in [1.29, 1.82) is 0 Å². The molecule has 1 heterocycles. The predicted molar refractivity (Wildman–Crippen MR) is 72.0 cm³/mol. The highest BCUT2D eigenvalue weighted by Gasteiger charge is 2.06. The van der Waals surface area contributed by atoms with Crippen molar-refractivity contribution in [3.8, 4) is 0 Å². The highest BCUT2D eigenvalue weighted by atomic mass is 35.5. The standard InChI is InChI=1S/C12H13ClN4O/c1-2-17-8-7-11(16-17)15-12(18)14-10-6-4-3-5-9(10)13/h3-8H,2H2,1H3,(H2,14,15,16,18). The Bertz CT molecular complexity index is 553. The average molecular weight is 265 g/mol. The summed E-state index contributed by atoms with van der Waals surface area (Å²) in [5.74, 6) is 0.501. The molecule has 18 heavy (non-hydrogen) atoms. The highest BCUT2D eigenvalue weighted by molar-refractivity contribution is 6.33. The molecular formula is C12H13ClN4O. The number of carbonyl (C=O) groups excluding carboxylic acids is 1. The molecule has 2 rings (SSSR count). The number of amides is 2. The third kappa shape index (κ3) is 3.01. The molecule has 0 fully saturated rings. The molecule has 0 aliphatic carbocycles. The van der Waals surface area contributed by atoms with Gasteiger partial charge in [0, 0.05) is 18.8 Å². The maximum atomic E-state index is 11.7. The van der Waals surface area contributed by atoms with Gasteiger partial charge in [0.1, 0.15) is 0 Å². The van der Waals surface area contributed by atoms with E-state index < -0.39 is 0 Å². The van der Waals surface area contributed by atoms with Crippen LogP contribution in [0.2, 0.25) is 5.02 Å². The van der Waals surface area contributed by atoms with Crippen molar-refractivity contribution >= 4 is 29.1 Å². The minimum Gasteiger partial charge on any atom is -0.306 e. The minimum absolute atomic E-state index is 0.371. The number of aromatic nitrogens is 2. The second kappa shape index (κ2) is 5.55. The van der Waals surface area contributed by atoms with Crippen molar-refractivity contribution in [2.45, 2.75) is 13.5 Å². The number of halogens is 1. The summed E-state index contributed by atoms with van der Waals surface area (Å²) >= 11 is 5.94. The molecule has 94 valence electrons. The predicted octanol–water partition coefficient (Wildman–Crippen LogP) is 3.20. The molecule has 0 saturated heterocycles. The number of anilines is 2. The molecule has 0 spiro atoms. The lowest BCUT2D eigenvalue weighted by atomic mass is 10.3. The van der Waals surface area contributed by atoms with Crippen LogP contribution >= 0.6 is 11.6 Å². The van der Waals surface area contributed by atoms with Crippen molar-refractivity contribution < 1.29 is 4.79 Å². The molecule has 0 aliphatic heterocycles. The number of carbonyl (C=O) groups is 1. The van der Waals surface area contributed by atoms with E-state index in [1.807, 2.05) is 6.92 Å². The summed E-state index contributed by atoms with van der Waals surface area (Å²) in [5, 5.41) is 9.92. The second-order valence-electron chi connectivity index (χ2n) is 3.62. The summed E-state index contributed by atoms with van der Waals surface area (Å²) < 4.78 is 1.73. The third-order valence-electron chi connectivity index (χ3n) is 2.33. The Morgan fingerprint density at radius 3 is 2.78 bits per heavy atom. The Hall–Kier alpha value is -2.01. The first-order chi connectivity index (χ1) is 8.69. The first-order valence-corrected chi connectivity index (χ1v) is 5.93. The van der Waals surface area contributed by atoms with Gasteiger partial charge in [-0.2, -0.15) is 5.10 Å². The molecular weight excluding hydrogens is 252 g/mol. The van der Waals surface area contributed by atoms with Crippen molar-refractivity contribution in [3.05, 3.63) is 41.6 Å². The van der Waals surface area contributed by atoms with Crippen molar-refractivity contribution in [1.82, 2.24) is 9.78 Å². The SMILES string of the molecule is CCn1ccc(NC(=O)Nc2ccccc2Cl)n1. The van der Waals surface area contributed by atoms with E-state index in [4.69, 9.17) is 11.6 Å². The topological polar surface area (TPSA) is 59.0 Å². The van der Waals surface area contributed by atoms with E-state index in [1.54, 1.807) is 41.2 Å². The monoisotopic (exact) mass is 264 g/mol. The van der Waals surface area contributed by atoms with Gasteiger partial charge in [0.05, 0.1) is 10.7 Å². The van der Waals surface area contributed by atoms with E-state index in [1.165, 1.54) is 0 Å². The van der Waals surface area contributed by atoms with Gasteiger partial charge >= 0.3 is 6.03 Å². The van der Waals surface area contributed by atoms with Crippen molar-refractivity contribution in [2.75, 3.05) is 10.6 Å². The number of hydrogen-bond donors (Lipinski definition) is 2. The Labute approximate surface area is 110 Å². The second-order valence-corrected chi connectivity index (χ2v) is 4.02. The van der Waals surface area contributed by atoms with Gasteiger partial charge in [-0.3, -0.25) is 10.00 Å². The van der Waals surface area contributed by atoms with Gasteiger partial charge in [-0.15, -0.1) is 0 Å². The Morgan fingerprint density at radius 1 is 1.33 bits per heavy atom. The molecule has 0 saturated carbocycles. The molecule has 0 aliphatic rings. The molecule has 6 heteroatoms. The Kier molecular flexibility index (Phi) is 3.84. The molecule has 1 aromatic heterocycles. The third-order valence-corrected chi connectivity index (χ3v) is 2.66. The van der Waals surface area contributed by atoms with Crippen LogP contribution in [0, 0.1) is 0 Å². The molecule has 0 atom stereocenters. The van der Waals surface area contributed by atoms with E-state index in [9.17, 15) is 4.79 Å². The number of benzene rings is 1. The van der Waals surface area contributed by atoms with E-state index in [-0.39, 0.29) is 6.03 Å². The van der Waals surface area contributed by atoms with Gasteiger partial charge in [-0.1, -0.05) is 23.7 Å². The van der Waals surface area contributed by atoms with Gasteiger partial charge < -0.3 is 5.32 Å².